The molecule has 1 heterocycles. The van der Waals surface area contributed by atoms with Crippen LogP contribution in [0.5, 0.6) is 0 Å². The van der Waals surface area contributed by atoms with Crippen molar-refractivity contribution >= 4 is 80.7 Å². The molecule has 2 rings (SSSR count). The number of rotatable bonds is 6. The van der Waals surface area contributed by atoms with Gasteiger partial charge < -0.3 is 10.1 Å². The van der Waals surface area contributed by atoms with Crippen LogP contribution in [-0.4, -0.2) is 34.1 Å². The highest BCUT2D eigenvalue weighted by Gasteiger charge is 2.20. The van der Waals surface area contributed by atoms with Crippen molar-refractivity contribution in [3.8, 4) is 0 Å². The Labute approximate surface area is 172 Å². The summed E-state index contributed by atoms with van der Waals surface area (Å²) in [6, 6.07) is 2.97. The lowest BCUT2D eigenvalue weighted by Gasteiger charge is -2.13. The Bertz CT molecular complexity index is 795. The van der Waals surface area contributed by atoms with Gasteiger partial charge in [0, 0.05) is 5.02 Å². The van der Waals surface area contributed by atoms with E-state index in [1.807, 2.05) is 0 Å². The molecule has 0 aliphatic rings. The van der Waals surface area contributed by atoms with Gasteiger partial charge in [-0.15, -0.1) is 10.2 Å². The molecule has 0 fully saturated rings. The van der Waals surface area contributed by atoms with Crippen molar-refractivity contribution in [1.82, 2.24) is 10.2 Å². The van der Waals surface area contributed by atoms with Crippen molar-refractivity contribution < 1.29 is 14.3 Å². The molecule has 0 saturated carbocycles. The van der Waals surface area contributed by atoms with E-state index < -0.39 is 11.3 Å². The summed E-state index contributed by atoms with van der Waals surface area (Å²) in [5.74, 6) is -0.323. The Morgan fingerprint density at radius 3 is 2.50 bits per heavy atom. The Morgan fingerprint density at radius 1 is 1.23 bits per heavy atom. The first-order valence-electron chi connectivity index (χ1n) is 7.19. The number of amides is 2. The van der Waals surface area contributed by atoms with Crippen LogP contribution in [0.25, 0.3) is 0 Å². The highest BCUT2D eigenvalue weighted by atomic mass is 35.5. The van der Waals surface area contributed by atoms with Gasteiger partial charge in [0.2, 0.25) is 11.0 Å². The van der Waals surface area contributed by atoms with Crippen molar-refractivity contribution in [1.29, 1.82) is 0 Å². The lowest BCUT2D eigenvalue weighted by Crippen LogP contribution is -2.22. The molecule has 0 saturated heterocycles. The number of nitrogens with zero attached hydrogens (tertiary/aromatic N) is 2. The highest BCUT2D eigenvalue weighted by molar-refractivity contribution is 8.02. The molecule has 26 heavy (non-hydrogen) atoms. The van der Waals surface area contributed by atoms with Crippen LogP contribution in [0.15, 0.2) is 16.5 Å². The molecule has 1 aromatic heterocycles. The van der Waals surface area contributed by atoms with Gasteiger partial charge in [-0.05, 0) is 26.0 Å². The molecule has 0 bridgehead atoms. The summed E-state index contributed by atoms with van der Waals surface area (Å²) >= 11 is 20.3. The van der Waals surface area contributed by atoms with Crippen LogP contribution in [0, 0.1) is 0 Å². The molecular formula is C14H13Cl3N4O3S2. The van der Waals surface area contributed by atoms with Gasteiger partial charge in [-0.25, -0.2) is 4.79 Å². The molecule has 2 amide bonds. The summed E-state index contributed by atoms with van der Waals surface area (Å²) in [7, 11) is 0. The van der Waals surface area contributed by atoms with Gasteiger partial charge in [-0.2, -0.15) is 0 Å². The zero-order valence-corrected chi connectivity index (χ0v) is 17.4. The first-order valence-corrected chi connectivity index (χ1v) is 10.0. The maximum absolute atomic E-state index is 12.4. The molecule has 0 radical (unpaired) electrons. The van der Waals surface area contributed by atoms with Crippen molar-refractivity contribution in [2.24, 2.45) is 0 Å². The molecule has 0 spiro atoms. The number of carbonyl (C=O) groups is 2. The maximum atomic E-state index is 12.4. The molecular weight excluding hydrogens is 443 g/mol. The van der Waals surface area contributed by atoms with E-state index in [-0.39, 0.29) is 33.4 Å². The number of ether oxygens (including phenoxy) is 1. The van der Waals surface area contributed by atoms with E-state index in [0.29, 0.717) is 9.36 Å². The van der Waals surface area contributed by atoms with Crippen LogP contribution < -0.4 is 10.6 Å². The average Bonchev–Trinajstić information content (AvgIpc) is 2.97. The normalized spacial score (nSPS) is 11.7. The van der Waals surface area contributed by atoms with Gasteiger partial charge in [0.25, 0.3) is 0 Å². The lowest BCUT2D eigenvalue weighted by molar-refractivity contribution is -0.115. The number of halogens is 3. The molecule has 1 unspecified atom stereocenters. The molecule has 0 aliphatic heterocycles. The zero-order valence-electron chi connectivity index (χ0n) is 13.5. The smallest absolute Gasteiger partial charge is 0.413 e. The van der Waals surface area contributed by atoms with Gasteiger partial charge in [0.1, 0.15) is 0 Å². The summed E-state index contributed by atoms with van der Waals surface area (Å²) in [4.78, 5) is 23.7. The van der Waals surface area contributed by atoms with Crippen LogP contribution in [0.3, 0.4) is 0 Å². The Balaban J connectivity index is 1.97. The summed E-state index contributed by atoms with van der Waals surface area (Å²) in [6.07, 6.45) is -0.613. The molecule has 140 valence electrons. The fraction of sp³-hybridized carbons (Fsp3) is 0.286. The summed E-state index contributed by atoms with van der Waals surface area (Å²) in [6.45, 7) is 3.64. The van der Waals surface area contributed by atoms with Crippen LogP contribution in [-0.2, 0) is 9.53 Å². The highest BCUT2D eigenvalue weighted by Crippen LogP contribution is 2.35. The van der Waals surface area contributed by atoms with Gasteiger partial charge >= 0.3 is 6.09 Å². The van der Waals surface area contributed by atoms with Crippen LogP contribution in [0.2, 0.25) is 15.1 Å². The fourth-order valence-electron chi connectivity index (χ4n) is 1.65. The molecule has 12 heteroatoms. The molecule has 1 atom stereocenters. The van der Waals surface area contributed by atoms with Gasteiger partial charge in [-0.3, -0.25) is 10.1 Å². The second-order valence-electron chi connectivity index (χ2n) is 4.71. The van der Waals surface area contributed by atoms with Gasteiger partial charge in [-0.1, -0.05) is 57.9 Å². The van der Waals surface area contributed by atoms with Crippen LogP contribution >= 0.6 is 57.9 Å². The standard InChI is InChI=1S/C14H13Cl3N4O3S2/c1-3-24-13(23)19-12-20-21-14(26-12)25-6(2)11(22)18-10-8(16)4-7(15)5-9(10)17/h4-6H,3H2,1-2H3,(H,18,22)(H,19,20,23). The van der Waals surface area contributed by atoms with E-state index in [9.17, 15) is 9.59 Å². The molecule has 1 aromatic carbocycles. The molecule has 2 N–H and O–H groups in total. The Morgan fingerprint density at radius 2 is 1.88 bits per heavy atom. The quantitative estimate of drug-likeness (QED) is 0.460. The summed E-state index contributed by atoms with van der Waals surface area (Å²) in [5.41, 5.74) is 0.289. The number of aromatic nitrogens is 2. The molecule has 7 nitrogen and oxygen atoms in total. The number of benzene rings is 1. The number of thioether (sulfide) groups is 1. The topological polar surface area (TPSA) is 93.2 Å². The first-order chi connectivity index (χ1) is 12.3. The van der Waals surface area contributed by atoms with E-state index in [1.54, 1.807) is 13.8 Å². The van der Waals surface area contributed by atoms with Crippen molar-refractivity contribution in [2.75, 3.05) is 17.2 Å². The third-order valence-electron chi connectivity index (χ3n) is 2.79. The number of nitrogens with one attached hydrogen (secondary N) is 2. The number of carbonyl (C=O) groups excluding carboxylic acids is 2. The number of hydrogen-bond donors (Lipinski definition) is 2. The average molecular weight is 456 g/mol. The molecule has 0 aliphatic carbocycles. The van der Waals surface area contributed by atoms with E-state index in [0.717, 1.165) is 11.3 Å². The second kappa shape index (κ2) is 9.61. The van der Waals surface area contributed by atoms with Gasteiger partial charge in [0.15, 0.2) is 4.34 Å². The minimum absolute atomic E-state index is 0.241. The van der Waals surface area contributed by atoms with Crippen molar-refractivity contribution in [3.05, 3.63) is 27.2 Å². The minimum Gasteiger partial charge on any atom is -0.450 e. The monoisotopic (exact) mass is 454 g/mol. The predicted molar refractivity (Wildman–Crippen MR) is 106 cm³/mol. The van der Waals surface area contributed by atoms with Crippen LogP contribution in [0.1, 0.15) is 13.8 Å². The number of anilines is 2. The van der Waals surface area contributed by atoms with Crippen molar-refractivity contribution in [2.45, 2.75) is 23.4 Å². The first kappa shape index (κ1) is 21.0. The Kier molecular flexibility index (Phi) is 7.78. The van der Waals surface area contributed by atoms with E-state index in [1.165, 1.54) is 23.9 Å². The fourth-order valence-corrected chi connectivity index (χ4v) is 4.45. The maximum Gasteiger partial charge on any atom is 0.413 e. The van der Waals surface area contributed by atoms with E-state index in [2.05, 4.69) is 20.8 Å². The largest absolute Gasteiger partial charge is 0.450 e. The van der Waals surface area contributed by atoms with Gasteiger partial charge in [0.05, 0.1) is 27.6 Å². The van der Waals surface area contributed by atoms with Crippen molar-refractivity contribution in [3.63, 3.8) is 0 Å². The predicted octanol–water partition coefficient (Wildman–Crippen LogP) is 5.19. The van der Waals surface area contributed by atoms with E-state index in [4.69, 9.17) is 39.5 Å². The van der Waals surface area contributed by atoms with E-state index >= 15 is 0 Å². The van der Waals surface area contributed by atoms with Crippen LogP contribution in [0.4, 0.5) is 15.6 Å². The third kappa shape index (κ3) is 5.88. The number of hydrogen-bond acceptors (Lipinski definition) is 7. The molecule has 2 aromatic rings. The summed E-state index contributed by atoms with van der Waals surface area (Å²) in [5, 5.41) is 13.5. The second-order valence-corrected chi connectivity index (χ2v) is 8.53. The lowest BCUT2D eigenvalue weighted by atomic mass is 10.3. The minimum atomic E-state index is -0.613. The SMILES string of the molecule is CCOC(=O)Nc1nnc(SC(C)C(=O)Nc2c(Cl)cc(Cl)cc2Cl)s1. The third-order valence-corrected chi connectivity index (χ3v) is 5.63. The zero-order chi connectivity index (χ0) is 19.3. The summed E-state index contributed by atoms with van der Waals surface area (Å²) < 4.78 is 5.26. The Hall–Kier alpha value is -1.26.